The molecule has 3 rings (SSSR count). The molecule has 11 heteroatoms. The first-order valence-electron chi connectivity index (χ1n) is 10.8. The smallest absolute Gasteiger partial charge is 0.408 e. The molecule has 1 aliphatic carbocycles. The summed E-state index contributed by atoms with van der Waals surface area (Å²) in [5.74, 6) is -2.29. The molecular formula is C23H30N2O9. The van der Waals surface area contributed by atoms with Crippen molar-refractivity contribution in [1.29, 1.82) is 0 Å². The largest absolute Gasteiger partial charge is 0.512 e. The van der Waals surface area contributed by atoms with Gasteiger partial charge in [-0.1, -0.05) is 12.1 Å². The first-order chi connectivity index (χ1) is 15.9. The molecule has 1 aromatic carbocycles. The minimum atomic E-state index is -1.42. The molecule has 1 unspecified atom stereocenters. The van der Waals surface area contributed by atoms with Crippen molar-refractivity contribution in [1.82, 2.24) is 10.6 Å². The minimum Gasteiger partial charge on any atom is -0.512 e. The van der Waals surface area contributed by atoms with Gasteiger partial charge in [0.1, 0.15) is 29.8 Å². The van der Waals surface area contributed by atoms with Gasteiger partial charge >= 0.3 is 12.1 Å². The summed E-state index contributed by atoms with van der Waals surface area (Å²) in [5.41, 5.74) is -0.724. The fraction of sp³-hybridized carbons (Fsp3) is 0.522. The summed E-state index contributed by atoms with van der Waals surface area (Å²) in [6, 6.07) is 4.89. The lowest BCUT2D eigenvalue weighted by Crippen LogP contribution is -2.66. The Balaban J connectivity index is 1.64. The van der Waals surface area contributed by atoms with Crippen molar-refractivity contribution in [2.45, 2.75) is 63.7 Å². The third-order valence-electron chi connectivity index (χ3n) is 6.05. The average molecular weight is 478 g/mol. The number of methoxy groups -OCH3 is 1. The number of rotatable bonds is 6. The van der Waals surface area contributed by atoms with E-state index >= 15 is 0 Å². The lowest BCUT2D eigenvalue weighted by atomic mass is 9.71. The Hall–Kier alpha value is -3.31. The van der Waals surface area contributed by atoms with Crippen LogP contribution in [0.1, 0.15) is 32.8 Å². The van der Waals surface area contributed by atoms with E-state index in [0.717, 1.165) is 5.56 Å². The van der Waals surface area contributed by atoms with E-state index in [4.69, 9.17) is 14.2 Å². The van der Waals surface area contributed by atoms with Crippen LogP contribution in [-0.4, -0.2) is 70.3 Å². The molecule has 1 aromatic rings. The van der Waals surface area contributed by atoms with Gasteiger partial charge < -0.3 is 40.2 Å². The maximum atomic E-state index is 12.8. The number of ether oxygens (including phenoxy) is 3. The summed E-state index contributed by atoms with van der Waals surface area (Å²) in [7, 11) is 1.54. The number of nitrogens with one attached hydrogen (secondary N) is 2. The number of aliphatic hydroxyl groups is 3. The van der Waals surface area contributed by atoms with Crippen molar-refractivity contribution >= 4 is 18.0 Å². The first kappa shape index (κ1) is 25.3. The van der Waals surface area contributed by atoms with Crippen LogP contribution in [0, 0.1) is 5.92 Å². The Morgan fingerprint density at radius 3 is 2.50 bits per heavy atom. The number of fused-ring (bicyclic) bond motifs is 1. The van der Waals surface area contributed by atoms with Crippen molar-refractivity contribution in [3.8, 4) is 5.75 Å². The van der Waals surface area contributed by atoms with Crippen LogP contribution in [0.4, 0.5) is 4.79 Å². The molecule has 0 radical (unpaired) electrons. The number of amides is 2. The fourth-order valence-corrected chi connectivity index (χ4v) is 4.14. The predicted octanol–water partition coefficient (Wildman–Crippen LogP) is 0.684. The molecule has 1 fully saturated rings. The van der Waals surface area contributed by atoms with Gasteiger partial charge in [0.2, 0.25) is 5.91 Å². The second-order valence-corrected chi connectivity index (χ2v) is 8.92. The molecule has 2 amide bonds. The molecule has 5 atom stereocenters. The third-order valence-corrected chi connectivity index (χ3v) is 6.05. The van der Waals surface area contributed by atoms with E-state index in [9.17, 15) is 29.7 Å². The van der Waals surface area contributed by atoms with Crippen LogP contribution in [0.15, 0.2) is 35.6 Å². The fourth-order valence-electron chi connectivity index (χ4n) is 4.14. The van der Waals surface area contributed by atoms with Gasteiger partial charge in [-0.25, -0.2) is 9.59 Å². The Kier molecular flexibility index (Phi) is 7.37. The molecule has 186 valence electrons. The number of carbonyl (C=O) groups is 3. The van der Waals surface area contributed by atoms with Gasteiger partial charge in [-0.2, -0.15) is 0 Å². The zero-order chi connectivity index (χ0) is 25.2. The number of aliphatic hydroxyl groups excluding tert-OH is 3. The summed E-state index contributed by atoms with van der Waals surface area (Å²) in [6.45, 7) is 4.50. The van der Waals surface area contributed by atoms with Crippen molar-refractivity contribution < 1.29 is 43.9 Å². The molecule has 11 nitrogen and oxygen atoms in total. The maximum absolute atomic E-state index is 12.8. The molecule has 5 N–H and O–H groups in total. The number of hydrogen-bond donors (Lipinski definition) is 5. The second-order valence-electron chi connectivity index (χ2n) is 8.92. The zero-order valence-electron chi connectivity index (χ0n) is 19.4. The number of hydrogen-bond acceptors (Lipinski definition) is 9. The molecule has 2 aliphatic rings. The van der Waals surface area contributed by atoms with Gasteiger partial charge in [-0.15, -0.1) is 0 Å². The van der Waals surface area contributed by atoms with Gasteiger partial charge in [0.15, 0.2) is 0 Å². The summed E-state index contributed by atoms with van der Waals surface area (Å²) in [6.07, 6.45) is -3.86. The quantitative estimate of drug-likeness (QED) is 0.370. The molecule has 0 saturated carbocycles. The number of alkyl carbamates (subject to hydrolysis) is 1. The predicted molar refractivity (Wildman–Crippen MR) is 118 cm³/mol. The molecule has 1 aliphatic heterocycles. The van der Waals surface area contributed by atoms with Crippen LogP contribution >= 0.6 is 0 Å². The van der Waals surface area contributed by atoms with Gasteiger partial charge in [0.25, 0.3) is 0 Å². The molecule has 1 saturated heterocycles. The van der Waals surface area contributed by atoms with Crippen LogP contribution in [0.5, 0.6) is 5.75 Å². The van der Waals surface area contributed by atoms with Crippen LogP contribution in [0.2, 0.25) is 0 Å². The highest BCUT2D eigenvalue weighted by Crippen LogP contribution is 2.41. The molecule has 1 heterocycles. The maximum Gasteiger partial charge on any atom is 0.408 e. The van der Waals surface area contributed by atoms with Crippen molar-refractivity contribution in [3.05, 3.63) is 41.2 Å². The first-order valence-corrected chi connectivity index (χ1v) is 10.8. The van der Waals surface area contributed by atoms with E-state index in [2.05, 4.69) is 10.6 Å². The van der Waals surface area contributed by atoms with E-state index in [1.807, 2.05) is 0 Å². The second kappa shape index (κ2) is 9.90. The van der Waals surface area contributed by atoms with E-state index in [0.29, 0.717) is 5.75 Å². The van der Waals surface area contributed by atoms with Gasteiger partial charge in [0.05, 0.1) is 30.9 Å². The highest BCUT2D eigenvalue weighted by molar-refractivity contribution is 5.92. The lowest BCUT2D eigenvalue weighted by Gasteiger charge is -2.48. The molecule has 0 bridgehead atoms. The monoisotopic (exact) mass is 478 g/mol. The molecule has 0 aromatic heterocycles. The van der Waals surface area contributed by atoms with Gasteiger partial charge in [-0.05, 0) is 38.5 Å². The zero-order valence-corrected chi connectivity index (χ0v) is 19.4. The van der Waals surface area contributed by atoms with Crippen molar-refractivity contribution in [3.63, 3.8) is 0 Å². The minimum absolute atomic E-state index is 0.0185. The summed E-state index contributed by atoms with van der Waals surface area (Å²) in [5, 5.41) is 36.0. The van der Waals surface area contributed by atoms with Gasteiger partial charge in [0, 0.05) is 12.3 Å². The molecule has 34 heavy (non-hydrogen) atoms. The van der Waals surface area contributed by atoms with E-state index < -0.39 is 59.5 Å². The Labute approximate surface area is 196 Å². The van der Waals surface area contributed by atoms with E-state index in [1.54, 1.807) is 45.2 Å². The highest BCUT2D eigenvalue weighted by atomic mass is 16.6. The standard InChI is InChI=1S/C23H30N2O9/c1-11(24-22(31)33-10-12-5-7-13(32-4)8-6-12)20(29)25-19-17-16(21(30)34-23(19,2)3)14(26)9-15(27)18(17)28/h5-8,11,15,17-19,26-28H,9-10H2,1-4H3,(H,24,31)(H,25,29)/t11?,15-,17+,18+,19-/m1/s1. The lowest BCUT2D eigenvalue weighted by molar-refractivity contribution is -0.173. The number of carbonyl (C=O) groups excluding carboxylic acids is 3. The Morgan fingerprint density at radius 2 is 1.88 bits per heavy atom. The normalized spacial score (nSPS) is 26.6. The molecule has 0 spiro atoms. The SMILES string of the molecule is COc1ccc(COC(=O)NC(C)C(=O)N[C@@H]2[C@H]3C(=C(O)C[C@@H](O)[C@@H]3O)C(=O)OC2(C)C)cc1. The Bertz CT molecular complexity index is 973. The number of esters is 1. The summed E-state index contributed by atoms with van der Waals surface area (Å²) >= 11 is 0. The highest BCUT2D eigenvalue weighted by Gasteiger charge is 2.55. The van der Waals surface area contributed by atoms with Gasteiger partial charge in [-0.3, -0.25) is 4.79 Å². The van der Waals surface area contributed by atoms with Crippen molar-refractivity contribution in [2.75, 3.05) is 7.11 Å². The summed E-state index contributed by atoms with van der Waals surface area (Å²) in [4.78, 5) is 37.4. The summed E-state index contributed by atoms with van der Waals surface area (Å²) < 4.78 is 15.6. The van der Waals surface area contributed by atoms with Crippen LogP contribution in [-0.2, 0) is 25.7 Å². The van der Waals surface area contributed by atoms with Crippen molar-refractivity contribution in [2.24, 2.45) is 5.92 Å². The number of cyclic esters (lactones) is 1. The van der Waals surface area contributed by atoms with Crippen LogP contribution in [0.25, 0.3) is 0 Å². The Morgan fingerprint density at radius 1 is 1.24 bits per heavy atom. The van der Waals surface area contributed by atoms with E-state index in [-0.39, 0.29) is 18.6 Å². The third kappa shape index (κ3) is 5.26. The van der Waals surface area contributed by atoms with E-state index in [1.165, 1.54) is 6.92 Å². The van der Waals surface area contributed by atoms with Crippen LogP contribution < -0.4 is 15.4 Å². The topological polar surface area (TPSA) is 164 Å². The average Bonchev–Trinajstić information content (AvgIpc) is 2.77. The van der Waals surface area contributed by atoms with Crippen LogP contribution in [0.3, 0.4) is 0 Å². The molecular weight excluding hydrogens is 448 g/mol. The number of benzene rings is 1.